The van der Waals surface area contributed by atoms with Gasteiger partial charge >= 0.3 is 0 Å². The van der Waals surface area contributed by atoms with Gasteiger partial charge in [0.1, 0.15) is 0 Å². The summed E-state index contributed by atoms with van der Waals surface area (Å²) in [4.78, 5) is 0. The van der Waals surface area contributed by atoms with Crippen LogP contribution in [0.1, 0.15) is 34.1 Å². The molecule has 0 bridgehead atoms. The van der Waals surface area contributed by atoms with Gasteiger partial charge in [-0.1, -0.05) is 32.9 Å². The van der Waals surface area contributed by atoms with Crippen molar-refractivity contribution in [3.8, 4) is 0 Å². The van der Waals surface area contributed by atoms with Crippen LogP contribution < -0.4 is 0 Å². The third-order valence-electron chi connectivity index (χ3n) is 1.36. The Kier molecular flexibility index (Phi) is 4.47. The smallest absolute Gasteiger partial charge is 0.0260 e. The van der Waals surface area contributed by atoms with Crippen LogP contribution in [-0.4, -0.2) is 0 Å². The molecular weight excluding hydrogens is 108 g/mol. The maximum Gasteiger partial charge on any atom is -0.0260 e. The van der Waals surface area contributed by atoms with Crippen LogP contribution in [0.4, 0.5) is 0 Å². The highest BCUT2D eigenvalue weighted by Crippen LogP contribution is 2.11. The zero-order chi connectivity index (χ0) is 7.28. The van der Waals surface area contributed by atoms with Gasteiger partial charge in [-0.3, -0.25) is 0 Å². The third-order valence-corrected chi connectivity index (χ3v) is 1.36. The molecule has 0 saturated heterocycles. The van der Waals surface area contributed by atoms with E-state index in [9.17, 15) is 0 Å². The van der Waals surface area contributed by atoms with E-state index in [1.807, 2.05) is 0 Å². The molecule has 0 aliphatic rings. The van der Waals surface area contributed by atoms with Crippen molar-refractivity contribution in [1.82, 2.24) is 0 Å². The van der Waals surface area contributed by atoms with Gasteiger partial charge in [0.15, 0.2) is 0 Å². The maximum absolute atomic E-state index is 2.26. The predicted octanol–water partition coefficient (Wildman–Crippen LogP) is 3.24. The lowest BCUT2D eigenvalue weighted by atomic mass is 9.99. The zero-order valence-electron chi connectivity index (χ0n) is 7.02. The van der Waals surface area contributed by atoms with Crippen LogP contribution in [0.2, 0.25) is 0 Å². The Hall–Kier alpha value is -0.260. The van der Waals surface area contributed by atoms with Gasteiger partial charge in [-0.25, -0.2) is 0 Å². The van der Waals surface area contributed by atoms with Crippen molar-refractivity contribution in [3.63, 3.8) is 0 Å². The highest BCUT2D eigenvalue weighted by Gasteiger charge is 1.98. The Bertz CT molecular complexity index is 80.0. The fraction of sp³-hybridized carbons (Fsp3) is 0.778. The molecule has 0 fully saturated rings. The van der Waals surface area contributed by atoms with Crippen molar-refractivity contribution in [2.75, 3.05) is 0 Å². The zero-order valence-corrected chi connectivity index (χ0v) is 7.02. The minimum atomic E-state index is 0.759. The Labute approximate surface area is 59.0 Å². The number of allylic oxidation sites excluding steroid dienone is 2. The monoisotopic (exact) mass is 126 g/mol. The van der Waals surface area contributed by atoms with Crippen LogP contribution in [0.5, 0.6) is 0 Å². The Morgan fingerprint density at radius 1 is 1.22 bits per heavy atom. The topological polar surface area (TPSA) is 0 Å². The second-order valence-electron chi connectivity index (χ2n) is 3.13. The molecule has 0 aromatic carbocycles. The molecule has 0 aromatic heterocycles. The van der Waals surface area contributed by atoms with Crippen molar-refractivity contribution in [1.29, 1.82) is 0 Å². The van der Waals surface area contributed by atoms with E-state index in [0.717, 1.165) is 11.8 Å². The first-order chi connectivity index (χ1) is 4.16. The summed E-state index contributed by atoms with van der Waals surface area (Å²) in [5.74, 6) is 1.59. The van der Waals surface area contributed by atoms with E-state index < -0.39 is 0 Å². The van der Waals surface area contributed by atoms with Gasteiger partial charge in [-0.2, -0.15) is 0 Å². The van der Waals surface area contributed by atoms with Gasteiger partial charge in [-0.05, 0) is 25.2 Å². The number of hydrogen-bond acceptors (Lipinski definition) is 0. The van der Waals surface area contributed by atoms with Gasteiger partial charge in [-0.15, -0.1) is 0 Å². The second-order valence-corrected chi connectivity index (χ2v) is 3.13. The largest absolute Gasteiger partial charge is 0.0914 e. The molecule has 1 unspecified atom stereocenters. The maximum atomic E-state index is 2.26. The average Bonchev–Trinajstić information content (AvgIpc) is 1.63. The second kappa shape index (κ2) is 4.60. The first-order valence-corrected chi connectivity index (χ1v) is 3.79. The quantitative estimate of drug-likeness (QED) is 0.509. The van der Waals surface area contributed by atoms with E-state index in [1.54, 1.807) is 0 Å². The standard InChI is InChI=1S/C9H18/c1-5-6-9(4)7-8(2)3/h5-6,8-9H,7H2,1-4H3/b6-5-. The van der Waals surface area contributed by atoms with E-state index in [-0.39, 0.29) is 0 Å². The first-order valence-electron chi connectivity index (χ1n) is 3.79. The minimum Gasteiger partial charge on any atom is -0.0914 e. The predicted molar refractivity (Wildman–Crippen MR) is 43.4 cm³/mol. The summed E-state index contributed by atoms with van der Waals surface area (Å²) in [7, 11) is 0. The SMILES string of the molecule is C/C=C\C(C)CC(C)C. The van der Waals surface area contributed by atoms with E-state index >= 15 is 0 Å². The average molecular weight is 126 g/mol. The van der Waals surface area contributed by atoms with E-state index in [2.05, 4.69) is 39.8 Å². The summed E-state index contributed by atoms with van der Waals surface area (Å²) < 4.78 is 0. The minimum absolute atomic E-state index is 0.759. The van der Waals surface area contributed by atoms with E-state index in [4.69, 9.17) is 0 Å². The van der Waals surface area contributed by atoms with Crippen molar-refractivity contribution >= 4 is 0 Å². The van der Waals surface area contributed by atoms with Crippen LogP contribution in [0.15, 0.2) is 12.2 Å². The molecule has 0 nitrogen and oxygen atoms in total. The molecule has 0 radical (unpaired) electrons. The van der Waals surface area contributed by atoms with Crippen molar-refractivity contribution in [2.24, 2.45) is 11.8 Å². The summed E-state index contributed by atoms with van der Waals surface area (Å²) in [6, 6.07) is 0. The Balaban J connectivity index is 3.38. The van der Waals surface area contributed by atoms with Crippen LogP contribution in [0, 0.1) is 11.8 Å². The van der Waals surface area contributed by atoms with Gasteiger partial charge < -0.3 is 0 Å². The fourth-order valence-electron chi connectivity index (χ4n) is 1.15. The van der Waals surface area contributed by atoms with Gasteiger partial charge in [0.2, 0.25) is 0 Å². The Morgan fingerprint density at radius 3 is 2.11 bits per heavy atom. The molecule has 54 valence electrons. The van der Waals surface area contributed by atoms with Crippen LogP contribution in [0.25, 0.3) is 0 Å². The molecule has 0 heteroatoms. The lowest BCUT2D eigenvalue weighted by Gasteiger charge is -2.07. The lowest BCUT2D eigenvalue weighted by Crippen LogP contribution is -1.95. The summed E-state index contributed by atoms with van der Waals surface area (Å²) in [5, 5.41) is 0. The molecule has 0 aliphatic heterocycles. The summed E-state index contributed by atoms with van der Waals surface area (Å²) >= 11 is 0. The highest BCUT2D eigenvalue weighted by molar-refractivity contribution is 4.82. The van der Waals surface area contributed by atoms with Crippen LogP contribution in [0.3, 0.4) is 0 Å². The normalized spacial score (nSPS) is 15.2. The Morgan fingerprint density at radius 2 is 1.78 bits per heavy atom. The van der Waals surface area contributed by atoms with Crippen molar-refractivity contribution < 1.29 is 0 Å². The van der Waals surface area contributed by atoms with Gasteiger partial charge in [0.25, 0.3) is 0 Å². The molecule has 1 atom stereocenters. The highest BCUT2D eigenvalue weighted by atomic mass is 14.0. The van der Waals surface area contributed by atoms with Crippen molar-refractivity contribution in [3.05, 3.63) is 12.2 Å². The number of hydrogen-bond donors (Lipinski definition) is 0. The molecule has 0 aromatic rings. The van der Waals surface area contributed by atoms with Crippen LogP contribution in [-0.2, 0) is 0 Å². The third kappa shape index (κ3) is 5.61. The molecule has 0 heterocycles. The fourth-order valence-corrected chi connectivity index (χ4v) is 1.15. The van der Waals surface area contributed by atoms with E-state index in [0.29, 0.717) is 0 Å². The number of rotatable bonds is 3. The summed E-state index contributed by atoms with van der Waals surface area (Å²) in [6.45, 7) is 8.87. The van der Waals surface area contributed by atoms with Crippen LogP contribution >= 0.6 is 0 Å². The molecule has 0 rings (SSSR count). The first kappa shape index (κ1) is 8.74. The molecule has 0 N–H and O–H groups in total. The molecule has 0 amide bonds. The van der Waals surface area contributed by atoms with Gasteiger partial charge in [0.05, 0.1) is 0 Å². The summed E-state index contributed by atoms with van der Waals surface area (Å²) in [6.07, 6.45) is 5.71. The lowest BCUT2D eigenvalue weighted by molar-refractivity contribution is 0.503. The molecule has 0 saturated carbocycles. The molecule has 9 heavy (non-hydrogen) atoms. The van der Waals surface area contributed by atoms with Crippen molar-refractivity contribution in [2.45, 2.75) is 34.1 Å². The molecule has 0 spiro atoms. The molecular formula is C9H18. The summed E-state index contributed by atoms with van der Waals surface area (Å²) in [5.41, 5.74) is 0. The van der Waals surface area contributed by atoms with Gasteiger partial charge in [0, 0.05) is 0 Å². The van der Waals surface area contributed by atoms with E-state index in [1.165, 1.54) is 6.42 Å². The molecule has 0 aliphatic carbocycles.